The Morgan fingerprint density at radius 2 is 2.05 bits per heavy atom. The Bertz CT molecular complexity index is 450. The lowest BCUT2D eigenvalue weighted by molar-refractivity contribution is -0.152. The van der Waals surface area contributed by atoms with Crippen LogP contribution >= 0.6 is 0 Å². The third-order valence-electron chi connectivity index (χ3n) is 2.47. The zero-order chi connectivity index (χ0) is 14.6. The zero-order valence-corrected chi connectivity index (χ0v) is 11.2. The summed E-state index contributed by atoms with van der Waals surface area (Å²) in [5.41, 5.74) is 7.36. The molecular formula is C12H17N3O4. The molecule has 0 aromatic carbocycles. The van der Waals surface area contributed by atoms with E-state index in [1.807, 2.05) is 0 Å². The van der Waals surface area contributed by atoms with Crippen molar-refractivity contribution in [3.63, 3.8) is 0 Å². The Morgan fingerprint density at radius 3 is 2.47 bits per heavy atom. The highest BCUT2D eigenvalue weighted by Crippen LogP contribution is 2.12. The number of esters is 1. The molecule has 1 unspecified atom stereocenters. The number of ketones is 1. The number of nitrogens with zero attached hydrogens (tertiary/aromatic N) is 2. The summed E-state index contributed by atoms with van der Waals surface area (Å²) >= 11 is 0. The molecule has 0 saturated carbocycles. The molecule has 1 heterocycles. The van der Waals surface area contributed by atoms with Gasteiger partial charge in [0.1, 0.15) is 5.60 Å². The minimum Gasteiger partial charge on any atom is -0.451 e. The molecule has 0 bridgehead atoms. The van der Waals surface area contributed by atoms with Gasteiger partial charge >= 0.3 is 11.7 Å². The molecule has 7 nitrogen and oxygen atoms in total. The summed E-state index contributed by atoms with van der Waals surface area (Å²) in [5, 5.41) is 2.61. The molecule has 7 heteroatoms. The van der Waals surface area contributed by atoms with Gasteiger partial charge in [0.15, 0.2) is 0 Å². The van der Waals surface area contributed by atoms with Gasteiger partial charge in [-0.05, 0) is 27.2 Å². The van der Waals surface area contributed by atoms with Gasteiger partial charge in [-0.15, -0.1) is 0 Å². The first-order valence-corrected chi connectivity index (χ1v) is 6.01. The molecule has 1 aliphatic rings. The lowest BCUT2D eigenvalue weighted by Crippen LogP contribution is -2.48. The monoisotopic (exact) mass is 267 g/mol. The molecule has 1 saturated heterocycles. The van der Waals surface area contributed by atoms with Crippen LogP contribution in [0.25, 0.3) is 5.53 Å². The lowest BCUT2D eigenvalue weighted by atomic mass is 9.98. The van der Waals surface area contributed by atoms with Crippen LogP contribution in [0.1, 0.15) is 40.0 Å². The van der Waals surface area contributed by atoms with Gasteiger partial charge in [-0.1, -0.05) is 0 Å². The summed E-state index contributed by atoms with van der Waals surface area (Å²) in [6.07, 6.45) is 0.807. The fourth-order valence-corrected chi connectivity index (χ4v) is 1.57. The van der Waals surface area contributed by atoms with E-state index in [2.05, 4.69) is 10.1 Å². The summed E-state index contributed by atoms with van der Waals surface area (Å²) in [7, 11) is 0. The van der Waals surface area contributed by atoms with E-state index in [0.717, 1.165) is 0 Å². The predicted molar refractivity (Wildman–Crippen MR) is 65.3 cm³/mol. The number of hydrogen-bond donors (Lipinski definition) is 1. The van der Waals surface area contributed by atoms with Crippen LogP contribution in [0, 0.1) is 0 Å². The van der Waals surface area contributed by atoms with E-state index in [4.69, 9.17) is 10.3 Å². The number of rotatable bonds is 5. The number of ether oxygens (including phenoxy) is 1. The van der Waals surface area contributed by atoms with Crippen LogP contribution in [0.4, 0.5) is 0 Å². The number of nitrogens with one attached hydrogen (secondary N) is 1. The Balaban J connectivity index is 2.50. The lowest BCUT2D eigenvalue weighted by Gasteiger charge is -2.26. The standard InChI is InChI=1S/C12H17N3O4/c1-12(2,3)19-11(18)10(15-13)8(16)5-4-7-6-9(17)14-7/h7H,4-6H2,1-3H3,(H,14,17). The topological polar surface area (TPSA) is 109 Å². The maximum Gasteiger partial charge on any atom is 0.441 e. The van der Waals surface area contributed by atoms with E-state index in [0.29, 0.717) is 12.8 Å². The van der Waals surface area contributed by atoms with Crippen molar-refractivity contribution >= 4 is 23.4 Å². The highest BCUT2D eigenvalue weighted by molar-refractivity contribution is 6.62. The normalized spacial score (nSPS) is 17.8. The molecule has 19 heavy (non-hydrogen) atoms. The third-order valence-corrected chi connectivity index (χ3v) is 2.47. The van der Waals surface area contributed by atoms with E-state index < -0.39 is 23.1 Å². The van der Waals surface area contributed by atoms with Crippen LogP contribution in [0.2, 0.25) is 0 Å². The van der Waals surface area contributed by atoms with Crippen LogP contribution in [0.3, 0.4) is 0 Å². The molecule has 1 atom stereocenters. The summed E-state index contributed by atoms with van der Waals surface area (Å²) < 4.78 is 4.96. The number of amides is 1. The maximum absolute atomic E-state index is 11.7. The van der Waals surface area contributed by atoms with E-state index in [1.54, 1.807) is 20.8 Å². The smallest absolute Gasteiger partial charge is 0.441 e. The Hall–Kier alpha value is -2.01. The fraction of sp³-hybridized carbons (Fsp3) is 0.667. The second kappa shape index (κ2) is 5.75. The second-order valence-corrected chi connectivity index (χ2v) is 5.38. The largest absolute Gasteiger partial charge is 0.451 e. The van der Waals surface area contributed by atoms with Crippen molar-refractivity contribution in [1.82, 2.24) is 5.32 Å². The molecular weight excluding hydrogens is 250 g/mol. The van der Waals surface area contributed by atoms with E-state index in [1.165, 1.54) is 0 Å². The van der Waals surface area contributed by atoms with Gasteiger partial charge < -0.3 is 15.6 Å². The van der Waals surface area contributed by atoms with Gasteiger partial charge in [-0.25, -0.2) is 4.79 Å². The molecule has 1 N–H and O–H groups in total. The molecule has 0 aromatic rings. The van der Waals surface area contributed by atoms with Crippen molar-refractivity contribution in [1.29, 1.82) is 0 Å². The molecule has 0 aliphatic carbocycles. The molecule has 0 aromatic heterocycles. The minimum absolute atomic E-state index is 0.0174. The van der Waals surface area contributed by atoms with Gasteiger partial charge in [0.2, 0.25) is 5.91 Å². The van der Waals surface area contributed by atoms with Crippen LogP contribution < -0.4 is 5.32 Å². The van der Waals surface area contributed by atoms with Gasteiger partial charge in [0.05, 0.1) is 0 Å². The van der Waals surface area contributed by atoms with Crippen LogP contribution in [-0.2, 0) is 19.1 Å². The number of β-lactam (4-membered cyclic amide) rings is 1. The molecule has 1 aliphatic heterocycles. The van der Waals surface area contributed by atoms with Gasteiger partial charge in [0, 0.05) is 18.9 Å². The highest BCUT2D eigenvalue weighted by Gasteiger charge is 2.35. The Kier molecular flexibility index (Phi) is 4.56. The number of hydrogen-bond acceptors (Lipinski definition) is 4. The van der Waals surface area contributed by atoms with E-state index in [-0.39, 0.29) is 18.4 Å². The molecule has 0 radical (unpaired) electrons. The summed E-state index contributed by atoms with van der Waals surface area (Å²) in [5.74, 6) is -1.60. The highest BCUT2D eigenvalue weighted by atomic mass is 16.6. The predicted octanol–water partition coefficient (Wildman–Crippen LogP) is 0.237. The summed E-state index contributed by atoms with van der Waals surface area (Å²) in [4.78, 5) is 36.7. The number of Topliss-reactive ketones (excluding diaryl/α,β-unsaturated/α-hetero) is 1. The van der Waals surface area contributed by atoms with Crippen LogP contribution in [0.5, 0.6) is 0 Å². The van der Waals surface area contributed by atoms with Crippen molar-refractivity contribution in [2.45, 2.75) is 51.7 Å². The number of carbonyl (C=O) groups is 3. The summed E-state index contributed by atoms with van der Waals surface area (Å²) in [6.45, 7) is 4.94. The van der Waals surface area contributed by atoms with Crippen LogP contribution in [-0.4, -0.2) is 39.8 Å². The first-order chi connectivity index (χ1) is 8.73. The average Bonchev–Trinajstić information content (AvgIpc) is 2.21. The van der Waals surface area contributed by atoms with Crippen molar-refractivity contribution in [2.75, 3.05) is 0 Å². The average molecular weight is 267 g/mol. The first-order valence-electron chi connectivity index (χ1n) is 6.01. The van der Waals surface area contributed by atoms with Crippen molar-refractivity contribution < 1.29 is 23.9 Å². The Labute approximate surface area is 110 Å². The molecule has 1 amide bonds. The molecule has 1 rings (SSSR count). The summed E-state index contributed by atoms with van der Waals surface area (Å²) in [6, 6.07) is -0.0463. The number of carbonyl (C=O) groups excluding carboxylic acids is 3. The van der Waals surface area contributed by atoms with Gasteiger partial charge in [-0.2, -0.15) is 4.79 Å². The fourth-order valence-electron chi connectivity index (χ4n) is 1.57. The SMILES string of the molecule is CC(C)(C)OC(=O)C(=[N+]=[N-])C(=O)CCC1CC(=O)N1. The van der Waals surface area contributed by atoms with Gasteiger partial charge in [-0.3, -0.25) is 9.59 Å². The molecule has 1 fully saturated rings. The van der Waals surface area contributed by atoms with Crippen LogP contribution in [0.15, 0.2) is 0 Å². The maximum atomic E-state index is 11.7. The van der Waals surface area contributed by atoms with Crippen molar-refractivity contribution in [3.05, 3.63) is 5.53 Å². The van der Waals surface area contributed by atoms with Crippen molar-refractivity contribution in [3.8, 4) is 0 Å². The van der Waals surface area contributed by atoms with Crippen molar-refractivity contribution in [2.24, 2.45) is 0 Å². The third kappa shape index (κ3) is 4.63. The quantitative estimate of drug-likeness (QED) is 0.192. The van der Waals surface area contributed by atoms with E-state index in [9.17, 15) is 14.4 Å². The molecule has 104 valence electrons. The zero-order valence-electron chi connectivity index (χ0n) is 11.2. The molecule has 0 spiro atoms. The second-order valence-electron chi connectivity index (χ2n) is 5.38. The minimum atomic E-state index is -0.947. The Morgan fingerprint density at radius 1 is 1.47 bits per heavy atom. The van der Waals surface area contributed by atoms with Gasteiger partial charge in [0.25, 0.3) is 5.78 Å². The first kappa shape index (κ1) is 15.0. The van der Waals surface area contributed by atoms with E-state index >= 15 is 0 Å².